The molecule has 1 heteroatoms. The van der Waals surface area contributed by atoms with Crippen LogP contribution in [0, 0.1) is 17.3 Å². The van der Waals surface area contributed by atoms with Crippen molar-refractivity contribution in [1.29, 1.82) is 0 Å². The predicted octanol–water partition coefficient (Wildman–Crippen LogP) is 3.83. The van der Waals surface area contributed by atoms with Crippen LogP contribution in [0.3, 0.4) is 0 Å². The van der Waals surface area contributed by atoms with E-state index in [0.717, 1.165) is 11.8 Å². The van der Waals surface area contributed by atoms with Crippen molar-refractivity contribution in [2.75, 3.05) is 0 Å². The zero-order valence-electron chi connectivity index (χ0n) is 11.1. The summed E-state index contributed by atoms with van der Waals surface area (Å²) in [5.41, 5.74) is 8.94. The molecule has 18 heavy (non-hydrogen) atoms. The van der Waals surface area contributed by atoms with Crippen molar-refractivity contribution in [1.82, 2.24) is 0 Å². The van der Waals surface area contributed by atoms with Gasteiger partial charge >= 0.3 is 0 Å². The highest BCUT2D eigenvalue weighted by Crippen LogP contribution is 2.70. The first-order chi connectivity index (χ1) is 8.77. The summed E-state index contributed by atoms with van der Waals surface area (Å²) in [6, 6.07) is 11.0. The van der Waals surface area contributed by atoms with Crippen LogP contribution in [0.15, 0.2) is 30.3 Å². The molecule has 0 amide bonds. The summed E-state index contributed by atoms with van der Waals surface area (Å²) in [6.07, 6.45) is 9.74. The minimum Gasteiger partial charge on any atom is -0.321 e. The summed E-state index contributed by atoms with van der Waals surface area (Å²) in [7, 11) is 0. The van der Waals surface area contributed by atoms with E-state index in [1.807, 2.05) is 0 Å². The quantitative estimate of drug-likeness (QED) is 0.794. The normalized spacial score (nSPS) is 40.7. The second-order valence-corrected chi connectivity index (χ2v) is 6.81. The number of hydrogen-bond acceptors (Lipinski definition) is 1. The van der Waals surface area contributed by atoms with Gasteiger partial charge in [-0.15, -0.1) is 0 Å². The molecule has 4 rings (SSSR count). The molecule has 0 heterocycles. The SMILES string of the molecule is N[C@]1(c2ccccc2)[C@@H]2CC[C@@H](C2)C12CCCC2. The van der Waals surface area contributed by atoms with E-state index in [2.05, 4.69) is 30.3 Å². The first-order valence-electron chi connectivity index (χ1n) is 7.62. The minimum absolute atomic E-state index is 0.0202. The van der Waals surface area contributed by atoms with Crippen LogP contribution in [-0.4, -0.2) is 0 Å². The molecule has 0 aliphatic heterocycles. The van der Waals surface area contributed by atoms with Crippen LogP contribution < -0.4 is 5.73 Å². The summed E-state index contributed by atoms with van der Waals surface area (Å²) in [5.74, 6) is 1.65. The van der Waals surface area contributed by atoms with E-state index >= 15 is 0 Å². The van der Waals surface area contributed by atoms with Gasteiger partial charge in [0, 0.05) is 5.54 Å². The Morgan fingerprint density at radius 2 is 1.61 bits per heavy atom. The Morgan fingerprint density at radius 1 is 0.944 bits per heavy atom. The first-order valence-corrected chi connectivity index (χ1v) is 7.62. The summed E-state index contributed by atoms with van der Waals surface area (Å²) in [5, 5.41) is 0. The van der Waals surface area contributed by atoms with Gasteiger partial charge in [0.1, 0.15) is 0 Å². The zero-order chi connectivity index (χ0) is 12.2. The predicted molar refractivity (Wildman–Crippen MR) is 74.0 cm³/mol. The molecule has 0 radical (unpaired) electrons. The molecule has 3 aliphatic carbocycles. The average Bonchev–Trinajstić information content (AvgIpc) is 3.11. The lowest BCUT2D eigenvalue weighted by atomic mass is 9.58. The Labute approximate surface area is 110 Å². The maximum atomic E-state index is 7.11. The van der Waals surface area contributed by atoms with Crippen molar-refractivity contribution in [2.45, 2.75) is 50.5 Å². The monoisotopic (exact) mass is 241 g/mol. The molecule has 96 valence electrons. The van der Waals surface area contributed by atoms with Gasteiger partial charge in [0.15, 0.2) is 0 Å². The molecular weight excluding hydrogens is 218 g/mol. The van der Waals surface area contributed by atoms with E-state index in [1.165, 1.54) is 50.5 Å². The smallest absolute Gasteiger partial charge is 0.0497 e. The number of benzene rings is 1. The summed E-state index contributed by atoms with van der Waals surface area (Å²) >= 11 is 0. The Kier molecular flexibility index (Phi) is 2.21. The fraction of sp³-hybridized carbons (Fsp3) is 0.647. The third-order valence-corrected chi connectivity index (χ3v) is 6.43. The molecule has 1 aromatic carbocycles. The van der Waals surface area contributed by atoms with Gasteiger partial charge < -0.3 is 5.73 Å². The number of fused-ring (bicyclic) bond motifs is 3. The van der Waals surface area contributed by atoms with E-state index in [9.17, 15) is 0 Å². The lowest BCUT2D eigenvalue weighted by molar-refractivity contribution is 0.0513. The molecule has 1 spiro atoms. The Hall–Kier alpha value is -0.820. The van der Waals surface area contributed by atoms with Gasteiger partial charge in [0.2, 0.25) is 0 Å². The average molecular weight is 241 g/mol. The van der Waals surface area contributed by atoms with Crippen LogP contribution in [0.5, 0.6) is 0 Å². The number of hydrogen-bond donors (Lipinski definition) is 1. The molecule has 0 aromatic heterocycles. The molecule has 3 saturated carbocycles. The first kappa shape index (κ1) is 11.0. The molecular formula is C17H23N. The van der Waals surface area contributed by atoms with Gasteiger partial charge in [-0.25, -0.2) is 0 Å². The largest absolute Gasteiger partial charge is 0.321 e. The Morgan fingerprint density at radius 3 is 2.33 bits per heavy atom. The van der Waals surface area contributed by atoms with Gasteiger partial charge in [-0.1, -0.05) is 43.2 Å². The van der Waals surface area contributed by atoms with Crippen molar-refractivity contribution < 1.29 is 0 Å². The molecule has 2 bridgehead atoms. The van der Waals surface area contributed by atoms with Crippen molar-refractivity contribution in [3.05, 3.63) is 35.9 Å². The maximum absolute atomic E-state index is 7.11. The molecule has 1 aromatic rings. The van der Waals surface area contributed by atoms with E-state index in [4.69, 9.17) is 5.73 Å². The standard InChI is InChI=1S/C17H23N/c18-17(13-6-2-1-3-7-13)15-9-8-14(12-15)16(17)10-4-5-11-16/h1-3,6-7,14-15H,4-5,8-12,18H2/t14-,15+,17+/m0/s1. The second kappa shape index (κ2) is 3.60. The second-order valence-electron chi connectivity index (χ2n) is 6.81. The highest BCUT2D eigenvalue weighted by molar-refractivity contribution is 5.34. The van der Waals surface area contributed by atoms with Crippen molar-refractivity contribution in [2.24, 2.45) is 23.0 Å². The minimum atomic E-state index is -0.0202. The fourth-order valence-electron chi connectivity index (χ4n) is 5.71. The van der Waals surface area contributed by atoms with E-state index in [0.29, 0.717) is 5.41 Å². The van der Waals surface area contributed by atoms with Gasteiger partial charge in [0.05, 0.1) is 0 Å². The van der Waals surface area contributed by atoms with E-state index < -0.39 is 0 Å². The molecule has 0 unspecified atom stereocenters. The van der Waals surface area contributed by atoms with Crippen LogP contribution in [0.2, 0.25) is 0 Å². The van der Waals surface area contributed by atoms with E-state index in [-0.39, 0.29) is 5.54 Å². The van der Waals surface area contributed by atoms with Gasteiger partial charge in [-0.2, -0.15) is 0 Å². The highest BCUT2D eigenvalue weighted by atomic mass is 14.9. The van der Waals surface area contributed by atoms with Crippen molar-refractivity contribution in [3.63, 3.8) is 0 Å². The van der Waals surface area contributed by atoms with Gasteiger partial charge in [-0.05, 0) is 54.9 Å². The third-order valence-electron chi connectivity index (χ3n) is 6.43. The lowest BCUT2D eigenvalue weighted by Crippen LogP contribution is -2.55. The van der Waals surface area contributed by atoms with Crippen LogP contribution in [0.4, 0.5) is 0 Å². The highest BCUT2D eigenvalue weighted by Gasteiger charge is 2.66. The Bertz CT molecular complexity index is 446. The molecule has 3 atom stereocenters. The molecule has 1 nitrogen and oxygen atoms in total. The summed E-state index contributed by atoms with van der Waals surface area (Å²) < 4.78 is 0. The third kappa shape index (κ3) is 1.12. The topological polar surface area (TPSA) is 26.0 Å². The molecule has 2 N–H and O–H groups in total. The fourth-order valence-corrected chi connectivity index (χ4v) is 5.71. The lowest BCUT2D eigenvalue weighted by Gasteiger charge is -2.50. The van der Waals surface area contributed by atoms with Crippen LogP contribution >= 0.6 is 0 Å². The summed E-state index contributed by atoms with van der Waals surface area (Å²) in [6.45, 7) is 0. The van der Waals surface area contributed by atoms with Crippen molar-refractivity contribution in [3.8, 4) is 0 Å². The number of nitrogens with two attached hydrogens (primary N) is 1. The zero-order valence-corrected chi connectivity index (χ0v) is 11.1. The van der Waals surface area contributed by atoms with E-state index in [1.54, 1.807) is 0 Å². The van der Waals surface area contributed by atoms with Gasteiger partial charge in [0.25, 0.3) is 0 Å². The van der Waals surface area contributed by atoms with Crippen LogP contribution in [0.25, 0.3) is 0 Å². The van der Waals surface area contributed by atoms with Crippen molar-refractivity contribution >= 4 is 0 Å². The van der Waals surface area contributed by atoms with Gasteiger partial charge in [-0.3, -0.25) is 0 Å². The van der Waals surface area contributed by atoms with Crippen LogP contribution in [-0.2, 0) is 5.54 Å². The number of rotatable bonds is 1. The Balaban J connectivity index is 1.87. The maximum Gasteiger partial charge on any atom is 0.0497 e. The molecule has 0 saturated heterocycles. The molecule has 3 fully saturated rings. The summed E-state index contributed by atoms with van der Waals surface area (Å²) in [4.78, 5) is 0. The molecule has 3 aliphatic rings. The van der Waals surface area contributed by atoms with Crippen LogP contribution in [0.1, 0.15) is 50.5 Å².